The summed E-state index contributed by atoms with van der Waals surface area (Å²) < 4.78 is 37.1. The molecule has 2 aromatic carbocycles. The van der Waals surface area contributed by atoms with Crippen LogP contribution in [0.4, 0.5) is 8.78 Å². The van der Waals surface area contributed by atoms with Crippen LogP contribution in [0.15, 0.2) is 46.9 Å². The number of benzene rings is 2. The van der Waals surface area contributed by atoms with Gasteiger partial charge < -0.3 is 9.47 Å². The Morgan fingerprint density at radius 2 is 1.79 bits per heavy atom. The van der Waals surface area contributed by atoms with Crippen molar-refractivity contribution in [2.75, 3.05) is 6.79 Å². The zero-order valence-electron chi connectivity index (χ0n) is 9.91. The van der Waals surface area contributed by atoms with Crippen LogP contribution in [0.25, 0.3) is 0 Å². The molecule has 2 rings (SSSR count). The molecular formula is C14H11BrF2O2. The molecule has 0 aromatic heterocycles. The molecule has 0 radical (unpaired) electrons. The minimum Gasteiger partial charge on any atom is -0.464 e. The van der Waals surface area contributed by atoms with Crippen LogP contribution in [0.1, 0.15) is 5.56 Å². The SMILES string of the molecule is Fc1cc(Br)cc(OCOCc2ccccc2)c1F. The van der Waals surface area contributed by atoms with Crippen LogP contribution < -0.4 is 4.74 Å². The number of ether oxygens (including phenoxy) is 2. The third-order valence-corrected chi connectivity index (χ3v) is 2.83. The van der Waals surface area contributed by atoms with Crippen molar-refractivity contribution in [3.05, 3.63) is 64.1 Å². The van der Waals surface area contributed by atoms with Crippen molar-refractivity contribution in [1.29, 1.82) is 0 Å². The summed E-state index contributed by atoms with van der Waals surface area (Å²) in [6.45, 7) is 0.195. The van der Waals surface area contributed by atoms with Gasteiger partial charge in [-0.1, -0.05) is 46.3 Å². The Labute approximate surface area is 118 Å². The Kier molecular flexibility index (Phi) is 4.87. The first-order chi connectivity index (χ1) is 9.16. The largest absolute Gasteiger partial charge is 0.464 e. The maximum atomic E-state index is 13.4. The van der Waals surface area contributed by atoms with Gasteiger partial charge in [-0.25, -0.2) is 4.39 Å². The van der Waals surface area contributed by atoms with E-state index < -0.39 is 11.6 Å². The average molecular weight is 329 g/mol. The lowest BCUT2D eigenvalue weighted by molar-refractivity contribution is 0.00266. The van der Waals surface area contributed by atoms with E-state index in [-0.39, 0.29) is 12.5 Å². The van der Waals surface area contributed by atoms with E-state index in [1.54, 1.807) is 0 Å². The van der Waals surface area contributed by atoms with E-state index in [1.807, 2.05) is 30.3 Å². The van der Waals surface area contributed by atoms with Gasteiger partial charge in [0.2, 0.25) is 5.82 Å². The monoisotopic (exact) mass is 328 g/mol. The Morgan fingerprint density at radius 1 is 1.05 bits per heavy atom. The highest BCUT2D eigenvalue weighted by atomic mass is 79.9. The number of hydrogen-bond donors (Lipinski definition) is 0. The molecule has 0 aliphatic carbocycles. The maximum Gasteiger partial charge on any atom is 0.200 e. The molecule has 0 unspecified atom stereocenters. The highest BCUT2D eigenvalue weighted by Crippen LogP contribution is 2.25. The van der Waals surface area contributed by atoms with Crippen molar-refractivity contribution >= 4 is 15.9 Å². The highest BCUT2D eigenvalue weighted by Gasteiger charge is 2.11. The molecule has 2 nitrogen and oxygen atoms in total. The lowest BCUT2D eigenvalue weighted by Gasteiger charge is -2.09. The summed E-state index contributed by atoms with van der Waals surface area (Å²) in [4.78, 5) is 0. The van der Waals surface area contributed by atoms with Gasteiger partial charge in [-0.05, 0) is 17.7 Å². The molecular weight excluding hydrogens is 318 g/mol. The molecule has 0 aliphatic rings. The first kappa shape index (κ1) is 14.0. The molecule has 0 heterocycles. The summed E-state index contributed by atoms with van der Waals surface area (Å²) in [5, 5.41) is 0. The second kappa shape index (κ2) is 6.63. The van der Waals surface area contributed by atoms with Gasteiger partial charge in [-0.3, -0.25) is 0 Å². The molecule has 0 spiro atoms. The molecule has 0 saturated heterocycles. The zero-order valence-corrected chi connectivity index (χ0v) is 11.5. The fourth-order valence-corrected chi connectivity index (χ4v) is 1.89. The summed E-state index contributed by atoms with van der Waals surface area (Å²) in [6, 6.07) is 11.9. The summed E-state index contributed by atoms with van der Waals surface area (Å²) in [5.74, 6) is -2.17. The lowest BCUT2D eigenvalue weighted by Crippen LogP contribution is -2.05. The van der Waals surface area contributed by atoms with Crippen molar-refractivity contribution in [2.45, 2.75) is 6.61 Å². The average Bonchev–Trinajstić information content (AvgIpc) is 2.41. The molecule has 19 heavy (non-hydrogen) atoms. The Morgan fingerprint density at radius 3 is 2.53 bits per heavy atom. The zero-order chi connectivity index (χ0) is 13.7. The van der Waals surface area contributed by atoms with E-state index in [1.165, 1.54) is 6.07 Å². The first-order valence-electron chi connectivity index (χ1n) is 5.56. The van der Waals surface area contributed by atoms with E-state index in [9.17, 15) is 8.78 Å². The van der Waals surface area contributed by atoms with E-state index in [0.717, 1.165) is 11.6 Å². The predicted octanol–water partition coefficient (Wildman–Crippen LogP) is 4.28. The van der Waals surface area contributed by atoms with Gasteiger partial charge in [0.15, 0.2) is 18.4 Å². The van der Waals surface area contributed by atoms with Crippen LogP contribution in [-0.4, -0.2) is 6.79 Å². The van der Waals surface area contributed by atoms with E-state index in [4.69, 9.17) is 9.47 Å². The Bertz CT molecular complexity index is 547. The maximum absolute atomic E-state index is 13.4. The minimum atomic E-state index is -1.02. The standard InChI is InChI=1S/C14H11BrF2O2/c15-11-6-12(16)14(17)13(7-11)19-9-18-8-10-4-2-1-3-5-10/h1-7H,8-9H2. The predicted molar refractivity (Wildman–Crippen MR) is 70.8 cm³/mol. The fraction of sp³-hybridized carbons (Fsp3) is 0.143. The van der Waals surface area contributed by atoms with Crippen LogP contribution in [0.5, 0.6) is 5.75 Å². The Balaban J connectivity index is 1.86. The second-order valence-corrected chi connectivity index (χ2v) is 4.71. The van der Waals surface area contributed by atoms with Crippen LogP contribution in [0.2, 0.25) is 0 Å². The number of rotatable bonds is 5. The smallest absolute Gasteiger partial charge is 0.200 e. The van der Waals surface area contributed by atoms with Gasteiger partial charge in [-0.2, -0.15) is 4.39 Å². The fourth-order valence-electron chi connectivity index (χ4n) is 1.48. The van der Waals surface area contributed by atoms with E-state index >= 15 is 0 Å². The van der Waals surface area contributed by atoms with Crippen molar-refractivity contribution in [3.63, 3.8) is 0 Å². The van der Waals surface area contributed by atoms with Crippen molar-refractivity contribution in [3.8, 4) is 5.75 Å². The third-order valence-electron chi connectivity index (χ3n) is 2.37. The van der Waals surface area contributed by atoms with Gasteiger partial charge in [0.05, 0.1) is 6.61 Å². The first-order valence-corrected chi connectivity index (χ1v) is 6.35. The quantitative estimate of drug-likeness (QED) is 0.463. The molecule has 2 aromatic rings. The minimum absolute atomic E-state index is 0.151. The van der Waals surface area contributed by atoms with Crippen LogP contribution in [-0.2, 0) is 11.3 Å². The van der Waals surface area contributed by atoms with Gasteiger partial charge in [0.1, 0.15) is 0 Å². The normalized spacial score (nSPS) is 10.5. The molecule has 100 valence electrons. The highest BCUT2D eigenvalue weighted by molar-refractivity contribution is 9.10. The summed E-state index contributed by atoms with van der Waals surface area (Å²) in [5.41, 5.74) is 0.979. The third kappa shape index (κ3) is 4.01. The van der Waals surface area contributed by atoms with Gasteiger partial charge >= 0.3 is 0 Å². The molecule has 0 bridgehead atoms. The van der Waals surface area contributed by atoms with Crippen molar-refractivity contribution in [1.82, 2.24) is 0 Å². The molecule has 0 atom stereocenters. The van der Waals surface area contributed by atoms with Gasteiger partial charge in [0, 0.05) is 4.47 Å². The van der Waals surface area contributed by atoms with E-state index in [0.29, 0.717) is 11.1 Å². The van der Waals surface area contributed by atoms with Gasteiger partial charge in [-0.15, -0.1) is 0 Å². The van der Waals surface area contributed by atoms with Crippen LogP contribution >= 0.6 is 15.9 Å². The van der Waals surface area contributed by atoms with E-state index in [2.05, 4.69) is 15.9 Å². The molecule has 5 heteroatoms. The van der Waals surface area contributed by atoms with Gasteiger partial charge in [0.25, 0.3) is 0 Å². The number of halogens is 3. The Hall–Kier alpha value is -1.46. The van der Waals surface area contributed by atoms with Crippen molar-refractivity contribution in [2.24, 2.45) is 0 Å². The summed E-state index contributed by atoms with van der Waals surface area (Å²) in [7, 11) is 0. The van der Waals surface area contributed by atoms with Crippen LogP contribution in [0.3, 0.4) is 0 Å². The summed E-state index contributed by atoms with van der Waals surface area (Å²) >= 11 is 3.07. The summed E-state index contributed by atoms with van der Waals surface area (Å²) in [6.07, 6.45) is 0. The van der Waals surface area contributed by atoms with Crippen molar-refractivity contribution < 1.29 is 18.3 Å². The molecule has 0 saturated carbocycles. The molecule has 0 N–H and O–H groups in total. The van der Waals surface area contributed by atoms with Crippen LogP contribution in [0, 0.1) is 11.6 Å². The second-order valence-electron chi connectivity index (χ2n) is 3.80. The molecule has 0 amide bonds. The lowest BCUT2D eigenvalue weighted by atomic mass is 10.2. The topological polar surface area (TPSA) is 18.5 Å². The number of hydrogen-bond acceptors (Lipinski definition) is 2. The molecule has 0 aliphatic heterocycles. The molecule has 0 fully saturated rings.